The molecule has 1 aromatic rings. The first-order chi connectivity index (χ1) is 9.29. The molecule has 110 valence electrons. The van der Waals surface area contributed by atoms with Crippen molar-refractivity contribution in [1.29, 1.82) is 0 Å². The van der Waals surface area contributed by atoms with Crippen molar-refractivity contribution >= 4 is 17.9 Å². The molecule has 1 aromatic carbocycles. The lowest BCUT2D eigenvalue weighted by molar-refractivity contribution is -0.470. The van der Waals surface area contributed by atoms with Crippen molar-refractivity contribution in [2.24, 2.45) is 10.9 Å². The number of nitro groups is 1. The van der Waals surface area contributed by atoms with Crippen molar-refractivity contribution in [3.8, 4) is 0 Å². The van der Waals surface area contributed by atoms with Gasteiger partial charge in [-0.25, -0.2) is 0 Å². The van der Waals surface area contributed by atoms with Gasteiger partial charge in [0.25, 0.3) is 5.69 Å². The number of nitro benzene ring substituents is 1. The van der Waals surface area contributed by atoms with E-state index in [1.807, 2.05) is 37.7 Å². The number of benzene rings is 1. The molecule has 0 fully saturated rings. The average Bonchev–Trinajstić information content (AvgIpc) is 2.39. The van der Waals surface area contributed by atoms with Crippen LogP contribution in [0.4, 0.5) is 5.69 Å². The highest BCUT2D eigenvalue weighted by Gasteiger charge is 2.01. The van der Waals surface area contributed by atoms with E-state index in [9.17, 15) is 15.3 Å². The summed E-state index contributed by atoms with van der Waals surface area (Å²) in [5.74, 6) is 0.769. The molecule has 20 heavy (non-hydrogen) atoms. The zero-order chi connectivity index (χ0) is 15.7. The maximum absolute atomic E-state index is 10.2. The topological polar surface area (TPSA) is 111 Å². The quantitative estimate of drug-likeness (QED) is 0.281. The molecule has 0 aromatic heterocycles. The highest BCUT2D eigenvalue weighted by Crippen LogP contribution is 2.10. The summed E-state index contributed by atoms with van der Waals surface area (Å²) in [5.41, 5.74) is 6.08. The molecule has 0 saturated heterocycles. The predicted octanol–water partition coefficient (Wildman–Crippen LogP) is 0.646. The highest BCUT2D eigenvalue weighted by molar-refractivity contribution is 5.80. The van der Waals surface area contributed by atoms with Crippen molar-refractivity contribution in [3.05, 3.63) is 45.2 Å². The monoisotopic (exact) mass is 281 g/mol. The minimum absolute atomic E-state index is 0.00181. The van der Waals surface area contributed by atoms with Gasteiger partial charge in [-0.3, -0.25) is 25.3 Å². The maximum Gasteiger partial charge on any atom is 0.344 e. The molecule has 0 bridgehead atoms. The van der Waals surface area contributed by atoms with Crippen LogP contribution in [-0.2, 0) is 0 Å². The Morgan fingerprint density at radius 2 is 1.80 bits per heavy atom. The van der Waals surface area contributed by atoms with E-state index in [1.54, 1.807) is 0 Å². The lowest BCUT2D eigenvalue weighted by Crippen LogP contribution is -2.36. The van der Waals surface area contributed by atoms with Crippen LogP contribution in [0.25, 0.3) is 0 Å². The number of hydrogen-bond donors (Lipinski definition) is 1. The zero-order valence-corrected chi connectivity index (χ0v) is 12.0. The molecule has 0 aliphatic carbocycles. The van der Waals surface area contributed by atoms with Gasteiger partial charge in [-0.15, -0.1) is 0 Å². The number of guanidine groups is 1. The Labute approximate surface area is 117 Å². The van der Waals surface area contributed by atoms with Crippen molar-refractivity contribution < 1.29 is 9.50 Å². The summed E-state index contributed by atoms with van der Waals surface area (Å²) in [4.78, 5) is 11.5. The van der Waals surface area contributed by atoms with Gasteiger partial charge in [0.2, 0.25) is 0 Å². The van der Waals surface area contributed by atoms with Crippen molar-refractivity contribution in [2.75, 3.05) is 28.2 Å². The van der Waals surface area contributed by atoms with Gasteiger partial charge >= 0.3 is 5.96 Å². The van der Waals surface area contributed by atoms with Gasteiger partial charge in [0.1, 0.15) is 0 Å². The maximum atomic E-state index is 10.2. The third kappa shape index (κ3) is 6.34. The molecule has 0 amide bonds. The van der Waals surface area contributed by atoms with Crippen LogP contribution in [0.2, 0.25) is 0 Å². The van der Waals surface area contributed by atoms with Crippen molar-refractivity contribution in [2.45, 2.75) is 0 Å². The molecule has 1 rings (SSSR count). The standard InChI is InChI=1S/C7H6N2O3.C5H13N3/c10-8-5-6-1-3-7(4-2-6)9(11)12;1-7(2)5(6)8(3)4/h1-5,10H;6H,1-4H3/b8-5+;. The summed E-state index contributed by atoms with van der Waals surface area (Å²) in [6, 6.07) is 5.55. The molecule has 0 saturated carbocycles. The summed E-state index contributed by atoms with van der Waals surface area (Å²) in [5, 5.41) is 22.5. The van der Waals surface area contributed by atoms with Crippen molar-refractivity contribution in [1.82, 2.24) is 4.90 Å². The van der Waals surface area contributed by atoms with E-state index in [-0.39, 0.29) is 5.69 Å². The largest absolute Gasteiger partial charge is 0.792 e. The van der Waals surface area contributed by atoms with E-state index in [0.29, 0.717) is 5.56 Å². The first kappa shape index (κ1) is 17.4. The summed E-state index contributed by atoms with van der Waals surface area (Å²) in [7, 11) is 7.65. The molecular formula is C12H19N5O3. The molecule has 0 aliphatic heterocycles. The molecule has 8 nitrogen and oxygen atoms in total. The second-order valence-corrected chi connectivity index (χ2v) is 4.23. The molecule has 0 atom stereocenters. The van der Waals surface area contributed by atoms with E-state index in [4.69, 9.17) is 5.73 Å². The van der Waals surface area contributed by atoms with E-state index < -0.39 is 4.92 Å². The fourth-order valence-corrected chi connectivity index (χ4v) is 1.14. The van der Waals surface area contributed by atoms with Gasteiger partial charge in [-0.05, 0) is 17.7 Å². The first-order valence-corrected chi connectivity index (χ1v) is 5.66. The summed E-state index contributed by atoms with van der Waals surface area (Å²) >= 11 is 0. The summed E-state index contributed by atoms with van der Waals surface area (Å²) in [6.07, 6.45) is 1.09. The third-order valence-electron chi connectivity index (χ3n) is 2.22. The minimum atomic E-state index is -0.502. The second kappa shape index (κ2) is 8.46. The smallest absolute Gasteiger partial charge is 0.344 e. The highest BCUT2D eigenvalue weighted by atomic mass is 16.6. The average molecular weight is 281 g/mol. The molecule has 0 spiro atoms. The zero-order valence-electron chi connectivity index (χ0n) is 12.0. The van der Waals surface area contributed by atoms with Crippen LogP contribution in [0, 0.1) is 15.3 Å². The van der Waals surface area contributed by atoms with Gasteiger partial charge in [-0.1, -0.05) is 0 Å². The van der Waals surface area contributed by atoms with Gasteiger partial charge < -0.3 is 10.4 Å². The summed E-state index contributed by atoms with van der Waals surface area (Å²) in [6.45, 7) is 0. The van der Waals surface area contributed by atoms with Crippen LogP contribution in [0.5, 0.6) is 0 Å². The number of nitrogens with two attached hydrogens (primary N) is 1. The number of nitrogens with zero attached hydrogens (tertiary/aromatic N) is 4. The Hall–Kier alpha value is -2.64. The van der Waals surface area contributed by atoms with Crippen LogP contribution >= 0.6 is 0 Å². The van der Waals surface area contributed by atoms with Gasteiger partial charge in [0.15, 0.2) is 0 Å². The fraction of sp³-hybridized carbons (Fsp3) is 0.333. The fourth-order valence-electron chi connectivity index (χ4n) is 1.14. The van der Waals surface area contributed by atoms with E-state index in [0.717, 1.165) is 12.2 Å². The number of hydrogen-bond acceptors (Lipinski definition) is 4. The SMILES string of the molecule is CN(C)C(N)=[N+](C)C.O=[N+]([O-])c1ccc(/C=N/[O-])cc1. The number of non-ortho nitro benzene ring substituents is 1. The van der Waals surface area contributed by atoms with Gasteiger partial charge in [0.05, 0.1) is 33.1 Å². The molecule has 0 unspecified atom stereocenters. The predicted molar refractivity (Wildman–Crippen MR) is 79.0 cm³/mol. The molecule has 2 N–H and O–H groups in total. The Bertz CT molecular complexity index is 490. The van der Waals surface area contributed by atoms with Crippen LogP contribution in [-0.4, -0.2) is 54.8 Å². The lowest BCUT2D eigenvalue weighted by atomic mass is 10.2. The van der Waals surface area contributed by atoms with Crippen LogP contribution in [0.1, 0.15) is 5.56 Å². The Kier molecular flexibility index (Phi) is 7.34. The molecule has 0 radical (unpaired) electrons. The van der Waals surface area contributed by atoms with Crippen LogP contribution < -0.4 is 5.73 Å². The summed E-state index contributed by atoms with van der Waals surface area (Å²) < 4.78 is 1.86. The van der Waals surface area contributed by atoms with Gasteiger partial charge in [-0.2, -0.15) is 0 Å². The molecular weight excluding hydrogens is 262 g/mol. The van der Waals surface area contributed by atoms with Crippen LogP contribution in [0.3, 0.4) is 0 Å². The first-order valence-electron chi connectivity index (χ1n) is 5.66. The van der Waals surface area contributed by atoms with E-state index in [2.05, 4.69) is 5.16 Å². The van der Waals surface area contributed by atoms with Crippen LogP contribution in [0.15, 0.2) is 29.4 Å². The lowest BCUT2D eigenvalue weighted by Gasteiger charge is -2.04. The Morgan fingerprint density at radius 3 is 2.05 bits per heavy atom. The Balaban J connectivity index is 0.000000396. The van der Waals surface area contributed by atoms with E-state index >= 15 is 0 Å². The second-order valence-electron chi connectivity index (χ2n) is 4.23. The Morgan fingerprint density at radius 1 is 1.30 bits per heavy atom. The number of rotatable bonds is 2. The molecule has 8 heteroatoms. The molecule has 0 heterocycles. The van der Waals surface area contributed by atoms with Crippen molar-refractivity contribution in [3.63, 3.8) is 0 Å². The van der Waals surface area contributed by atoms with Gasteiger partial charge in [0, 0.05) is 18.3 Å². The minimum Gasteiger partial charge on any atom is -0.792 e. The third-order valence-corrected chi connectivity index (χ3v) is 2.22. The normalized spacial score (nSPS) is 9.60. The van der Waals surface area contributed by atoms with E-state index in [1.165, 1.54) is 24.3 Å². The molecule has 0 aliphatic rings.